The van der Waals surface area contributed by atoms with Crippen LogP contribution in [0.3, 0.4) is 0 Å². The number of amides is 2. The molecule has 0 bridgehead atoms. The Morgan fingerprint density at radius 1 is 1.35 bits per heavy atom. The Labute approximate surface area is 204 Å². The van der Waals surface area contributed by atoms with Crippen LogP contribution in [0.15, 0.2) is 41.2 Å². The summed E-state index contributed by atoms with van der Waals surface area (Å²) in [5.74, 6) is -3.76. The highest BCUT2D eigenvalue weighted by Crippen LogP contribution is 2.52. The van der Waals surface area contributed by atoms with Crippen LogP contribution in [0, 0.1) is 17.2 Å². The summed E-state index contributed by atoms with van der Waals surface area (Å²) in [7, 11) is 0. The SMILES string of the molecule is C/C=C(/C(=O)NCc1cccc(Cl)c1F)C(=O)/C(O)=C(\C)C(=O)N(C[C@@]1(C)C[C@H]1CO)C(C)C. The zero-order valence-corrected chi connectivity index (χ0v) is 20.9. The van der Waals surface area contributed by atoms with E-state index in [2.05, 4.69) is 5.32 Å². The summed E-state index contributed by atoms with van der Waals surface area (Å²) in [5, 5.41) is 22.3. The number of carbonyl (C=O) groups is 3. The lowest BCUT2D eigenvalue weighted by atomic mass is 10.0. The first-order valence-electron chi connectivity index (χ1n) is 11.1. The highest BCUT2D eigenvalue weighted by Gasteiger charge is 2.51. The third-order valence-corrected chi connectivity index (χ3v) is 6.61. The zero-order chi connectivity index (χ0) is 25.8. The summed E-state index contributed by atoms with van der Waals surface area (Å²) in [6.45, 7) is 8.59. The third-order valence-electron chi connectivity index (χ3n) is 6.31. The van der Waals surface area contributed by atoms with E-state index < -0.39 is 29.2 Å². The van der Waals surface area contributed by atoms with Gasteiger partial charge in [-0.05, 0) is 51.5 Å². The molecule has 2 atom stereocenters. The van der Waals surface area contributed by atoms with E-state index in [4.69, 9.17) is 11.6 Å². The minimum absolute atomic E-state index is 0.0357. The molecule has 2 rings (SSSR count). The molecule has 2 amide bonds. The van der Waals surface area contributed by atoms with E-state index in [-0.39, 0.29) is 52.3 Å². The number of allylic oxidation sites excluding steroid dienone is 2. The van der Waals surface area contributed by atoms with Crippen molar-refractivity contribution in [2.45, 2.75) is 53.6 Å². The molecule has 0 aromatic heterocycles. The predicted molar refractivity (Wildman–Crippen MR) is 127 cm³/mol. The van der Waals surface area contributed by atoms with Gasteiger partial charge in [-0.3, -0.25) is 14.4 Å². The van der Waals surface area contributed by atoms with Crippen LogP contribution in [0.4, 0.5) is 4.39 Å². The number of aliphatic hydroxyl groups excluding tert-OH is 2. The molecule has 34 heavy (non-hydrogen) atoms. The van der Waals surface area contributed by atoms with Gasteiger partial charge in [-0.15, -0.1) is 0 Å². The normalized spacial score (nSPS) is 20.6. The van der Waals surface area contributed by atoms with Crippen molar-refractivity contribution >= 4 is 29.2 Å². The average Bonchev–Trinajstić information content (AvgIpc) is 3.47. The third kappa shape index (κ3) is 6.04. The van der Waals surface area contributed by atoms with Crippen LogP contribution in [-0.4, -0.2) is 51.9 Å². The topological polar surface area (TPSA) is 107 Å². The van der Waals surface area contributed by atoms with Crippen molar-refractivity contribution in [2.24, 2.45) is 11.3 Å². The molecule has 186 valence electrons. The lowest BCUT2D eigenvalue weighted by molar-refractivity contribution is -0.130. The fourth-order valence-electron chi connectivity index (χ4n) is 3.80. The monoisotopic (exact) mass is 494 g/mol. The van der Waals surface area contributed by atoms with Gasteiger partial charge in [-0.1, -0.05) is 36.7 Å². The number of benzene rings is 1. The van der Waals surface area contributed by atoms with E-state index in [0.29, 0.717) is 6.54 Å². The Hall–Kier alpha value is -2.71. The number of ketones is 1. The van der Waals surface area contributed by atoms with E-state index in [1.54, 1.807) is 4.90 Å². The van der Waals surface area contributed by atoms with E-state index in [1.807, 2.05) is 20.8 Å². The molecule has 1 fully saturated rings. The quantitative estimate of drug-likeness (QED) is 0.199. The maximum absolute atomic E-state index is 14.1. The van der Waals surface area contributed by atoms with Gasteiger partial charge >= 0.3 is 0 Å². The van der Waals surface area contributed by atoms with Crippen LogP contribution in [0.5, 0.6) is 0 Å². The van der Waals surface area contributed by atoms with Crippen molar-refractivity contribution in [1.82, 2.24) is 10.2 Å². The van der Waals surface area contributed by atoms with Crippen LogP contribution < -0.4 is 5.32 Å². The molecule has 0 saturated heterocycles. The Morgan fingerprint density at radius 3 is 2.53 bits per heavy atom. The lowest BCUT2D eigenvalue weighted by Crippen LogP contribution is -2.42. The van der Waals surface area contributed by atoms with Crippen LogP contribution >= 0.6 is 11.6 Å². The van der Waals surface area contributed by atoms with Crippen molar-refractivity contribution in [2.75, 3.05) is 13.2 Å². The average molecular weight is 495 g/mol. The van der Waals surface area contributed by atoms with Crippen molar-refractivity contribution in [3.63, 3.8) is 0 Å². The highest BCUT2D eigenvalue weighted by molar-refractivity contribution is 6.30. The molecular weight excluding hydrogens is 463 g/mol. The van der Waals surface area contributed by atoms with Gasteiger partial charge in [0.25, 0.3) is 11.8 Å². The van der Waals surface area contributed by atoms with E-state index >= 15 is 0 Å². The summed E-state index contributed by atoms with van der Waals surface area (Å²) in [4.78, 5) is 40.1. The second-order valence-electron chi connectivity index (χ2n) is 9.17. The molecule has 0 aliphatic heterocycles. The first-order valence-corrected chi connectivity index (χ1v) is 11.5. The summed E-state index contributed by atoms with van der Waals surface area (Å²) < 4.78 is 14.1. The largest absolute Gasteiger partial charge is 0.504 e. The van der Waals surface area contributed by atoms with Crippen LogP contribution in [0.2, 0.25) is 5.02 Å². The number of nitrogens with one attached hydrogen (secondary N) is 1. The molecular formula is C25H32ClFN2O5. The van der Waals surface area contributed by atoms with Crippen molar-refractivity contribution in [3.05, 3.63) is 57.6 Å². The molecule has 0 unspecified atom stereocenters. The summed E-state index contributed by atoms with van der Waals surface area (Å²) in [6.07, 6.45) is 2.00. The number of Topliss-reactive ketones (excluding diaryl/α,β-unsaturated/α-hetero) is 1. The van der Waals surface area contributed by atoms with Gasteiger partial charge in [0.2, 0.25) is 5.78 Å². The second kappa shape index (κ2) is 11.1. The van der Waals surface area contributed by atoms with Gasteiger partial charge in [0.05, 0.1) is 16.2 Å². The molecule has 0 spiro atoms. The fourth-order valence-corrected chi connectivity index (χ4v) is 3.99. The van der Waals surface area contributed by atoms with Crippen LogP contribution in [0.1, 0.15) is 46.6 Å². The zero-order valence-electron chi connectivity index (χ0n) is 20.1. The predicted octanol–water partition coefficient (Wildman–Crippen LogP) is 3.70. The Kier molecular flexibility index (Phi) is 9.02. The van der Waals surface area contributed by atoms with Crippen LogP contribution in [-0.2, 0) is 20.9 Å². The van der Waals surface area contributed by atoms with Gasteiger partial charge in [0, 0.05) is 31.3 Å². The molecule has 9 heteroatoms. The molecule has 1 saturated carbocycles. The Bertz CT molecular complexity index is 1040. The van der Waals surface area contributed by atoms with E-state index in [0.717, 1.165) is 6.42 Å². The molecule has 7 nitrogen and oxygen atoms in total. The number of aliphatic hydroxyl groups is 2. The summed E-state index contributed by atoms with van der Waals surface area (Å²) in [6, 6.07) is 4.14. The molecule has 0 heterocycles. The molecule has 1 aromatic carbocycles. The summed E-state index contributed by atoms with van der Waals surface area (Å²) >= 11 is 5.74. The molecule has 1 aliphatic carbocycles. The van der Waals surface area contributed by atoms with Gasteiger partial charge in [-0.25, -0.2) is 4.39 Å². The number of hydrogen-bond donors (Lipinski definition) is 3. The fraction of sp³-hybridized carbons (Fsp3) is 0.480. The number of nitrogens with zero attached hydrogens (tertiary/aromatic N) is 1. The molecule has 1 aliphatic rings. The van der Waals surface area contributed by atoms with Crippen molar-refractivity contribution in [3.8, 4) is 0 Å². The second-order valence-corrected chi connectivity index (χ2v) is 9.57. The number of halogens is 2. The van der Waals surface area contributed by atoms with Gasteiger partial charge in [0.1, 0.15) is 5.82 Å². The number of hydrogen-bond acceptors (Lipinski definition) is 5. The summed E-state index contributed by atoms with van der Waals surface area (Å²) in [5.41, 5.74) is -0.648. The number of rotatable bonds is 10. The number of carbonyl (C=O) groups excluding carboxylic acids is 3. The highest BCUT2D eigenvalue weighted by atomic mass is 35.5. The molecule has 1 aromatic rings. The minimum Gasteiger partial charge on any atom is -0.504 e. The maximum atomic E-state index is 14.1. The van der Waals surface area contributed by atoms with Gasteiger partial charge < -0.3 is 20.4 Å². The first-order chi connectivity index (χ1) is 15.9. The van der Waals surface area contributed by atoms with Crippen molar-refractivity contribution in [1.29, 1.82) is 0 Å². The standard InChI is InChI=1S/C25H32ClFN2O5/c1-6-18(23(33)28-11-16-8-7-9-19(26)20(16)27)22(32)21(31)15(4)24(34)29(14(2)3)13-25(5)10-17(25)12-30/h6-9,14,17,30-31H,10-13H2,1-5H3,(H,28,33)/b18-6+,21-15-/t17-,25+/m0/s1. The minimum atomic E-state index is -1.01. The maximum Gasteiger partial charge on any atom is 0.255 e. The van der Waals surface area contributed by atoms with Gasteiger partial charge in [0.15, 0.2) is 5.76 Å². The van der Waals surface area contributed by atoms with Crippen molar-refractivity contribution < 1.29 is 29.0 Å². The smallest absolute Gasteiger partial charge is 0.255 e. The van der Waals surface area contributed by atoms with E-state index in [1.165, 1.54) is 38.1 Å². The molecule has 0 radical (unpaired) electrons. The van der Waals surface area contributed by atoms with Gasteiger partial charge in [-0.2, -0.15) is 0 Å². The Morgan fingerprint density at radius 2 is 2.00 bits per heavy atom. The molecule has 3 N–H and O–H groups in total. The first kappa shape index (κ1) is 27.5. The van der Waals surface area contributed by atoms with Crippen LogP contribution in [0.25, 0.3) is 0 Å². The van der Waals surface area contributed by atoms with E-state index in [9.17, 15) is 29.0 Å². The lowest BCUT2D eigenvalue weighted by Gasteiger charge is -2.30. The Balaban J connectivity index is 2.16.